The molecule has 2 aromatic rings. The van der Waals surface area contributed by atoms with Gasteiger partial charge >= 0.3 is 18.2 Å². The number of hydrogen-bond donors (Lipinski definition) is 1. The molecular formula is C21H32N5O6S+. The third-order valence-corrected chi connectivity index (χ3v) is 4.98. The number of aromatic nitrogens is 3. The topological polar surface area (TPSA) is 116 Å². The minimum absolute atomic E-state index is 0.112. The Morgan fingerprint density at radius 3 is 2.36 bits per heavy atom. The summed E-state index contributed by atoms with van der Waals surface area (Å²) in [5.74, 6) is -0.441. The zero-order valence-electron chi connectivity index (χ0n) is 20.3. The Kier molecular flexibility index (Phi) is 8.06. The molecule has 0 spiro atoms. The number of hydrazine groups is 1. The second-order valence-corrected chi connectivity index (χ2v) is 10.2. The Morgan fingerprint density at radius 1 is 1.15 bits per heavy atom. The molecule has 0 saturated heterocycles. The fourth-order valence-corrected chi connectivity index (χ4v) is 3.43. The SMILES string of the molecule is COC(=O)c1cnc(-c2cn(CCN(NC(=O)OC(C)(C)C)C(=O)OC(C)(C)C)[n+](C)c2)s1. The molecule has 0 unspecified atom stereocenters. The van der Waals surface area contributed by atoms with Gasteiger partial charge in [-0.3, -0.25) is 0 Å². The zero-order valence-corrected chi connectivity index (χ0v) is 21.1. The standard InChI is InChI=1S/C21H31N5O6S/c1-20(2,3)31-18(28)23-26(19(29)32-21(4,5)6)10-9-25-13-14(12-24(25)7)16-22-11-15(33-16)17(27)30-8/h11-13H,9-10H2,1-8H3/p+1. The normalized spacial score (nSPS) is 11.6. The molecule has 0 radical (unpaired) electrons. The van der Waals surface area contributed by atoms with Crippen LogP contribution in [0.3, 0.4) is 0 Å². The largest absolute Gasteiger partial charge is 0.465 e. The summed E-state index contributed by atoms with van der Waals surface area (Å²) in [6.45, 7) is 10.9. The van der Waals surface area contributed by atoms with Gasteiger partial charge in [0.2, 0.25) is 6.20 Å². The highest BCUT2D eigenvalue weighted by Gasteiger charge is 2.27. The molecule has 0 bridgehead atoms. The second-order valence-electron chi connectivity index (χ2n) is 9.22. The van der Waals surface area contributed by atoms with E-state index in [-0.39, 0.29) is 6.54 Å². The third kappa shape index (κ3) is 8.04. The van der Waals surface area contributed by atoms with Crippen molar-refractivity contribution in [3.8, 4) is 10.6 Å². The van der Waals surface area contributed by atoms with Crippen molar-refractivity contribution < 1.29 is 33.3 Å². The molecule has 33 heavy (non-hydrogen) atoms. The fraction of sp³-hybridized carbons (Fsp3) is 0.571. The Hall–Kier alpha value is -3.15. The van der Waals surface area contributed by atoms with E-state index in [9.17, 15) is 14.4 Å². The van der Waals surface area contributed by atoms with Crippen molar-refractivity contribution in [1.82, 2.24) is 20.1 Å². The van der Waals surface area contributed by atoms with E-state index < -0.39 is 29.4 Å². The van der Waals surface area contributed by atoms with Crippen LogP contribution in [-0.2, 0) is 27.8 Å². The fourth-order valence-electron chi connectivity index (χ4n) is 2.62. The summed E-state index contributed by atoms with van der Waals surface area (Å²) in [4.78, 5) is 41.3. The molecule has 0 fully saturated rings. The van der Waals surface area contributed by atoms with E-state index >= 15 is 0 Å². The van der Waals surface area contributed by atoms with Crippen molar-refractivity contribution in [2.24, 2.45) is 7.05 Å². The van der Waals surface area contributed by atoms with Crippen LogP contribution in [0.2, 0.25) is 0 Å². The molecule has 2 rings (SSSR count). The first-order valence-corrected chi connectivity index (χ1v) is 11.1. The van der Waals surface area contributed by atoms with Crippen LogP contribution in [0.5, 0.6) is 0 Å². The number of ether oxygens (including phenoxy) is 3. The number of nitrogens with zero attached hydrogens (tertiary/aromatic N) is 4. The van der Waals surface area contributed by atoms with Crippen molar-refractivity contribution in [2.75, 3.05) is 13.7 Å². The van der Waals surface area contributed by atoms with Crippen LogP contribution in [0.15, 0.2) is 18.6 Å². The van der Waals surface area contributed by atoms with Gasteiger partial charge in [-0.25, -0.2) is 29.8 Å². The van der Waals surface area contributed by atoms with Gasteiger partial charge in [0, 0.05) is 0 Å². The molecule has 2 heterocycles. The highest BCUT2D eigenvalue weighted by Crippen LogP contribution is 2.24. The zero-order chi connectivity index (χ0) is 25.0. The first kappa shape index (κ1) is 26.1. The van der Waals surface area contributed by atoms with Gasteiger partial charge in [-0.15, -0.1) is 16.0 Å². The summed E-state index contributed by atoms with van der Waals surface area (Å²) in [5.41, 5.74) is 1.80. The summed E-state index contributed by atoms with van der Waals surface area (Å²) in [7, 11) is 3.15. The van der Waals surface area contributed by atoms with Crippen molar-refractivity contribution in [3.05, 3.63) is 23.5 Å². The summed E-state index contributed by atoms with van der Waals surface area (Å²) in [6.07, 6.45) is 3.69. The smallest absolute Gasteiger partial charge is 0.429 e. The van der Waals surface area contributed by atoms with E-state index in [2.05, 4.69) is 10.4 Å². The van der Waals surface area contributed by atoms with E-state index in [1.807, 2.05) is 28.8 Å². The molecule has 12 heteroatoms. The van der Waals surface area contributed by atoms with Crippen molar-refractivity contribution in [1.29, 1.82) is 0 Å². The Labute approximate surface area is 197 Å². The Morgan fingerprint density at radius 2 is 1.79 bits per heavy atom. The van der Waals surface area contributed by atoms with Gasteiger partial charge in [-0.2, -0.15) is 4.68 Å². The van der Waals surface area contributed by atoms with Crippen molar-refractivity contribution in [3.63, 3.8) is 0 Å². The predicted molar refractivity (Wildman–Crippen MR) is 120 cm³/mol. The molecule has 0 saturated carbocycles. The highest BCUT2D eigenvalue weighted by atomic mass is 32.1. The van der Waals surface area contributed by atoms with E-state index in [0.717, 1.165) is 10.6 Å². The summed E-state index contributed by atoms with van der Waals surface area (Å²) >= 11 is 1.22. The van der Waals surface area contributed by atoms with E-state index in [1.54, 1.807) is 41.5 Å². The third-order valence-electron chi connectivity index (χ3n) is 3.95. The Bertz CT molecular complexity index is 1000. The van der Waals surface area contributed by atoms with Gasteiger partial charge in [-0.1, -0.05) is 0 Å². The first-order valence-electron chi connectivity index (χ1n) is 10.3. The number of carbonyl (C=O) groups is 3. The highest BCUT2D eigenvalue weighted by molar-refractivity contribution is 7.16. The first-order chi connectivity index (χ1) is 15.2. The molecular weight excluding hydrogens is 450 g/mol. The van der Waals surface area contributed by atoms with Gasteiger partial charge in [-0.05, 0) is 41.5 Å². The molecule has 0 aliphatic carbocycles. The number of amides is 2. The van der Waals surface area contributed by atoms with Gasteiger partial charge in [0.05, 0.1) is 38.2 Å². The lowest BCUT2D eigenvalue weighted by Gasteiger charge is -2.28. The second kappa shape index (κ2) is 10.2. The maximum atomic E-state index is 12.7. The lowest BCUT2D eigenvalue weighted by Crippen LogP contribution is -2.51. The van der Waals surface area contributed by atoms with Crippen LogP contribution >= 0.6 is 11.3 Å². The van der Waals surface area contributed by atoms with Gasteiger partial charge in [0.15, 0.2) is 7.05 Å². The summed E-state index contributed by atoms with van der Waals surface area (Å²) in [6, 6.07) is 0. The molecule has 11 nitrogen and oxygen atoms in total. The number of nitrogens with one attached hydrogen (secondary N) is 1. The lowest BCUT2D eigenvalue weighted by molar-refractivity contribution is -0.753. The van der Waals surface area contributed by atoms with E-state index in [0.29, 0.717) is 16.4 Å². The van der Waals surface area contributed by atoms with Crippen LogP contribution in [0.25, 0.3) is 10.6 Å². The van der Waals surface area contributed by atoms with Crippen LogP contribution < -0.4 is 10.1 Å². The number of aryl methyl sites for hydroxylation is 1. The molecule has 2 aromatic heterocycles. The average Bonchev–Trinajstić information content (AvgIpc) is 3.28. The number of esters is 1. The molecule has 1 N–H and O–H groups in total. The van der Waals surface area contributed by atoms with Crippen LogP contribution in [0, 0.1) is 0 Å². The molecule has 182 valence electrons. The predicted octanol–water partition coefficient (Wildman–Crippen LogP) is 2.90. The molecule has 2 amide bonds. The Balaban J connectivity index is 2.15. The monoisotopic (exact) mass is 482 g/mol. The lowest BCUT2D eigenvalue weighted by atomic mass is 10.2. The van der Waals surface area contributed by atoms with Gasteiger partial charge in [0.25, 0.3) is 0 Å². The minimum Gasteiger partial charge on any atom is -0.465 e. The van der Waals surface area contributed by atoms with Crippen molar-refractivity contribution >= 4 is 29.5 Å². The molecule has 0 atom stereocenters. The van der Waals surface area contributed by atoms with Crippen molar-refractivity contribution in [2.45, 2.75) is 59.3 Å². The minimum atomic E-state index is -0.760. The average molecular weight is 483 g/mol. The summed E-state index contributed by atoms with van der Waals surface area (Å²) in [5, 5.41) is 1.73. The maximum absolute atomic E-state index is 12.7. The number of thiazole rings is 1. The van der Waals surface area contributed by atoms with E-state index in [1.165, 1.54) is 24.6 Å². The molecule has 0 aromatic carbocycles. The number of methoxy groups -OCH3 is 1. The number of carbonyl (C=O) groups excluding carboxylic acids is 3. The van der Waals surface area contributed by atoms with Gasteiger partial charge < -0.3 is 14.2 Å². The molecule has 0 aliphatic heterocycles. The van der Waals surface area contributed by atoms with Crippen LogP contribution in [0.4, 0.5) is 9.59 Å². The maximum Gasteiger partial charge on any atom is 0.429 e. The number of hydrogen-bond acceptors (Lipinski definition) is 8. The van der Waals surface area contributed by atoms with Gasteiger partial charge in [0.1, 0.15) is 21.1 Å². The van der Waals surface area contributed by atoms with E-state index in [4.69, 9.17) is 14.2 Å². The van der Waals surface area contributed by atoms with Crippen LogP contribution in [0.1, 0.15) is 51.2 Å². The quantitative estimate of drug-likeness (QED) is 0.301. The summed E-state index contributed by atoms with van der Waals surface area (Å²) < 4.78 is 19.0. The van der Waals surface area contributed by atoms with Crippen LogP contribution in [-0.4, -0.2) is 57.7 Å². The molecule has 0 aliphatic rings. The number of rotatable bonds is 5.